The number of aryl methyl sites for hydroxylation is 3. The number of carbonyl (C=O) groups excluding carboxylic acids is 2. The first-order valence-corrected chi connectivity index (χ1v) is 9.73. The third kappa shape index (κ3) is 3.06. The molecule has 0 saturated carbocycles. The maximum atomic E-state index is 13.3. The number of nitrogens with zero attached hydrogens (tertiary/aromatic N) is 2. The van der Waals surface area contributed by atoms with E-state index in [9.17, 15) is 9.59 Å². The first-order valence-electron chi connectivity index (χ1n) is 9.32. The van der Waals surface area contributed by atoms with Gasteiger partial charge >= 0.3 is 0 Å². The Morgan fingerprint density at radius 3 is 2.48 bits per heavy atom. The van der Waals surface area contributed by atoms with E-state index in [0.717, 1.165) is 33.3 Å². The molecule has 3 aromatic rings. The van der Waals surface area contributed by atoms with Crippen molar-refractivity contribution in [3.8, 4) is 0 Å². The fourth-order valence-corrected chi connectivity index (χ4v) is 4.08. The number of benzene rings is 2. The number of thiocarbonyl (C=S) groups is 1. The molecule has 1 aliphatic rings. The lowest BCUT2D eigenvalue weighted by atomic mass is 10.0. The summed E-state index contributed by atoms with van der Waals surface area (Å²) in [6.07, 6.45) is 1.67. The Bertz CT molecular complexity index is 1240. The topological polar surface area (TPSA) is 54.3 Å². The monoisotopic (exact) mass is 403 g/mol. The Labute approximate surface area is 174 Å². The number of hydrogen-bond donors (Lipinski definition) is 1. The Balaban J connectivity index is 1.86. The van der Waals surface area contributed by atoms with Crippen LogP contribution in [0.3, 0.4) is 0 Å². The highest BCUT2D eigenvalue weighted by molar-refractivity contribution is 7.80. The van der Waals surface area contributed by atoms with Gasteiger partial charge in [-0.2, -0.15) is 0 Å². The van der Waals surface area contributed by atoms with Crippen LogP contribution in [-0.4, -0.2) is 21.5 Å². The molecule has 1 aliphatic heterocycles. The molecule has 6 heteroatoms. The van der Waals surface area contributed by atoms with Gasteiger partial charge in [0.2, 0.25) is 0 Å². The van der Waals surface area contributed by atoms with Crippen LogP contribution in [0.25, 0.3) is 17.0 Å². The SMILES string of the molecule is Cc1ccc(N2C(=O)/C(=C\c3c(C)n(C)c4ccccc34)C(=O)NC2=S)c(C)c1. The molecular formula is C23H21N3O2S. The Morgan fingerprint density at radius 2 is 1.76 bits per heavy atom. The number of aromatic nitrogens is 1. The highest BCUT2D eigenvalue weighted by Crippen LogP contribution is 2.30. The van der Waals surface area contributed by atoms with Gasteiger partial charge in [0.1, 0.15) is 5.57 Å². The van der Waals surface area contributed by atoms with Gasteiger partial charge in [0.05, 0.1) is 5.69 Å². The van der Waals surface area contributed by atoms with Crippen LogP contribution in [0.1, 0.15) is 22.4 Å². The highest BCUT2D eigenvalue weighted by Gasteiger charge is 2.35. The lowest BCUT2D eigenvalue weighted by molar-refractivity contribution is -0.122. The number of hydrogen-bond acceptors (Lipinski definition) is 3. The molecule has 29 heavy (non-hydrogen) atoms. The van der Waals surface area contributed by atoms with Crippen molar-refractivity contribution < 1.29 is 9.59 Å². The first kappa shape index (κ1) is 19.1. The van der Waals surface area contributed by atoms with Crippen LogP contribution in [0, 0.1) is 20.8 Å². The molecular weight excluding hydrogens is 382 g/mol. The number of anilines is 1. The lowest BCUT2D eigenvalue weighted by Crippen LogP contribution is -2.54. The summed E-state index contributed by atoms with van der Waals surface area (Å²) in [5, 5.41) is 3.76. The van der Waals surface area contributed by atoms with E-state index >= 15 is 0 Å². The summed E-state index contributed by atoms with van der Waals surface area (Å²) in [4.78, 5) is 27.4. The maximum absolute atomic E-state index is 13.3. The zero-order valence-electron chi connectivity index (χ0n) is 16.7. The van der Waals surface area contributed by atoms with Gasteiger partial charge in [-0.05, 0) is 56.8 Å². The lowest BCUT2D eigenvalue weighted by Gasteiger charge is -2.30. The van der Waals surface area contributed by atoms with Gasteiger partial charge in [-0.1, -0.05) is 35.9 Å². The third-order valence-electron chi connectivity index (χ3n) is 5.43. The van der Waals surface area contributed by atoms with E-state index in [4.69, 9.17) is 12.2 Å². The summed E-state index contributed by atoms with van der Waals surface area (Å²) in [6, 6.07) is 13.7. The third-order valence-corrected chi connectivity index (χ3v) is 5.72. The zero-order valence-corrected chi connectivity index (χ0v) is 17.6. The molecule has 2 heterocycles. The summed E-state index contributed by atoms with van der Waals surface area (Å²) < 4.78 is 2.06. The Kier molecular flexibility index (Phi) is 4.59. The fourth-order valence-electron chi connectivity index (χ4n) is 3.81. The summed E-state index contributed by atoms with van der Waals surface area (Å²) in [6.45, 7) is 5.89. The average molecular weight is 404 g/mol. The minimum Gasteiger partial charge on any atom is -0.347 e. The van der Waals surface area contributed by atoms with Crippen molar-refractivity contribution in [3.05, 3.63) is 70.4 Å². The Morgan fingerprint density at radius 1 is 1.03 bits per heavy atom. The van der Waals surface area contributed by atoms with E-state index in [0.29, 0.717) is 5.69 Å². The van der Waals surface area contributed by atoms with Crippen molar-refractivity contribution >= 4 is 51.8 Å². The maximum Gasteiger partial charge on any atom is 0.270 e. The zero-order chi connectivity index (χ0) is 20.9. The smallest absolute Gasteiger partial charge is 0.270 e. The summed E-state index contributed by atoms with van der Waals surface area (Å²) in [7, 11) is 1.97. The van der Waals surface area contributed by atoms with E-state index in [-0.39, 0.29) is 10.7 Å². The van der Waals surface area contributed by atoms with Crippen molar-refractivity contribution in [2.75, 3.05) is 4.90 Å². The van der Waals surface area contributed by atoms with E-state index in [1.54, 1.807) is 6.08 Å². The molecule has 0 spiro atoms. The molecule has 0 bridgehead atoms. The predicted molar refractivity (Wildman–Crippen MR) is 120 cm³/mol. The predicted octanol–water partition coefficient (Wildman–Crippen LogP) is 3.93. The van der Waals surface area contributed by atoms with Gasteiger partial charge in [-0.3, -0.25) is 19.8 Å². The summed E-state index contributed by atoms with van der Waals surface area (Å²) in [5.74, 6) is -0.897. The molecule has 1 fully saturated rings. The summed E-state index contributed by atoms with van der Waals surface area (Å²) in [5.41, 5.74) is 5.62. The van der Waals surface area contributed by atoms with Gasteiger partial charge in [0, 0.05) is 29.2 Å². The van der Waals surface area contributed by atoms with E-state index < -0.39 is 11.8 Å². The van der Waals surface area contributed by atoms with Crippen molar-refractivity contribution in [3.63, 3.8) is 0 Å². The van der Waals surface area contributed by atoms with Crippen molar-refractivity contribution in [2.24, 2.45) is 7.05 Å². The Hall–Kier alpha value is -3.25. The van der Waals surface area contributed by atoms with E-state index in [1.165, 1.54) is 4.90 Å². The largest absolute Gasteiger partial charge is 0.347 e. The van der Waals surface area contributed by atoms with Gasteiger partial charge in [0.15, 0.2) is 5.11 Å². The van der Waals surface area contributed by atoms with Crippen LogP contribution < -0.4 is 10.2 Å². The number of nitrogens with one attached hydrogen (secondary N) is 1. The minimum absolute atomic E-state index is 0.0676. The molecule has 0 aliphatic carbocycles. The van der Waals surface area contributed by atoms with Crippen LogP contribution in [0.5, 0.6) is 0 Å². The normalized spacial score (nSPS) is 16.1. The molecule has 1 N–H and O–H groups in total. The molecule has 1 saturated heterocycles. The van der Waals surface area contributed by atoms with Crippen LogP contribution in [0.4, 0.5) is 5.69 Å². The van der Waals surface area contributed by atoms with Crippen molar-refractivity contribution in [1.29, 1.82) is 0 Å². The van der Waals surface area contributed by atoms with Gasteiger partial charge in [-0.15, -0.1) is 0 Å². The second kappa shape index (κ2) is 6.97. The molecule has 0 atom stereocenters. The van der Waals surface area contributed by atoms with Gasteiger partial charge in [-0.25, -0.2) is 0 Å². The van der Waals surface area contributed by atoms with Crippen LogP contribution in [-0.2, 0) is 16.6 Å². The standard InChI is InChI=1S/C23H21N3O2S/c1-13-9-10-19(14(2)11-13)26-22(28)18(21(27)24-23(26)29)12-17-15(3)25(4)20-8-6-5-7-16(17)20/h5-12H,1-4H3,(H,24,27,29)/b18-12-. The van der Waals surface area contributed by atoms with Crippen LogP contribution in [0.15, 0.2) is 48.0 Å². The number of para-hydroxylation sites is 1. The second-order valence-electron chi connectivity index (χ2n) is 7.32. The average Bonchev–Trinajstić information content (AvgIpc) is 2.91. The van der Waals surface area contributed by atoms with Gasteiger partial charge in [0.25, 0.3) is 11.8 Å². The number of fused-ring (bicyclic) bond motifs is 1. The van der Waals surface area contributed by atoms with E-state index in [2.05, 4.69) is 9.88 Å². The number of rotatable bonds is 2. The van der Waals surface area contributed by atoms with E-state index in [1.807, 2.05) is 70.3 Å². The van der Waals surface area contributed by atoms with Crippen molar-refractivity contribution in [2.45, 2.75) is 20.8 Å². The number of carbonyl (C=O) groups is 2. The van der Waals surface area contributed by atoms with Crippen LogP contribution >= 0.6 is 12.2 Å². The van der Waals surface area contributed by atoms with Crippen LogP contribution in [0.2, 0.25) is 0 Å². The molecule has 4 rings (SSSR count). The second-order valence-corrected chi connectivity index (χ2v) is 7.71. The molecule has 0 radical (unpaired) electrons. The highest BCUT2D eigenvalue weighted by atomic mass is 32.1. The molecule has 1 aromatic heterocycles. The fraction of sp³-hybridized carbons (Fsp3) is 0.174. The molecule has 2 amide bonds. The van der Waals surface area contributed by atoms with Crippen molar-refractivity contribution in [1.82, 2.24) is 9.88 Å². The molecule has 146 valence electrons. The number of amides is 2. The molecule has 5 nitrogen and oxygen atoms in total. The minimum atomic E-state index is -0.478. The first-order chi connectivity index (χ1) is 13.8. The summed E-state index contributed by atoms with van der Waals surface area (Å²) >= 11 is 5.32. The molecule has 0 unspecified atom stereocenters. The quantitative estimate of drug-likeness (QED) is 0.401. The van der Waals surface area contributed by atoms with Gasteiger partial charge < -0.3 is 4.57 Å². The molecule has 2 aromatic carbocycles.